The van der Waals surface area contributed by atoms with Crippen molar-refractivity contribution in [2.45, 2.75) is 13.0 Å². The summed E-state index contributed by atoms with van der Waals surface area (Å²) in [7, 11) is 0. The first-order valence-electron chi connectivity index (χ1n) is 5.95. The maximum absolute atomic E-state index is 11.9. The Bertz CT molecular complexity index is 586. The van der Waals surface area contributed by atoms with Crippen LogP contribution in [0.2, 0.25) is 0 Å². The molecule has 1 heterocycles. The molecule has 2 aromatic rings. The largest absolute Gasteiger partial charge is 0.399 e. The minimum absolute atomic E-state index is 0.0887. The predicted molar refractivity (Wildman–Crippen MR) is 75.1 cm³/mol. The van der Waals surface area contributed by atoms with E-state index in [2.05, 4.69) is 17.0 Å². The Kier molecular flexibility index (Phi) is 3.66. The van der Waals surface area contributed by atoms with Crippen molar-refractivity contribution >= 4 is 11.6 Å². The zero-order chi connectivity index (χ0) is 13.8. The van der Waals surface area contributed by atoms with E-state index in [0.29, 0.717) is 11.4 Å². The molecule has 1 atom stereocenters. The number of anilines is 1. The standard InChI is InChI=1S/C14H16N4O/c1-3-10(2)16-14(19)13-8-9-18(17-13)12-6-4-11(15)5-7-12/h3-10H,1,15H2,2H3,(H,16,19). The molecular weight excluding hydrogens is 240 g/mol. The molecular formula is C14H16N4O. The van der Waals surface area contributed by atoms with Gasteiger partial charge in [0.05, 0.1) is 5.69 Å². The number of carbonyl (C=O) groups excluding carboxylic acids is 1. The Hall–Kier alpha value is -2.56. The van der Waals surface area contributed by atoms with E-state index in [0.717, 1.165) is 5.69 Å². The van der Waals surface area contributed by atoms with Crippen LogP contribution in [0, 0.1) is 0 Å². The van der Waals surface area contributed by atoms with Crippen LogP contribution in [0.3, 0.4) is 0 Å². The van der Waals surface area contributed by atoms with Gasteiger partial charge in [0.1, 0.15) is 0 Å². The molecule has 1 aromatic heterocycles. The van der Waals surface area contributed by atoms with E-state index >= 15 is 0 Å². The highest BCUT2D eigenvalue weighted by Crippen LogP contribution is 2.10. The van der Waals surface area contributed by atoms with E-state index in [4.69, 9.17) is 5.73 Å². The van der Waals surface area contributed by atoms with Crippen LogP contribution in [-0.4, -0.2) is 21.7 Å². The number of nitrogens with two attached hydrogens (primary N) is 1. The molecule has 0 aliphatic heterocycles. The Morgan fingerprint density at radius 3 is 2.74 bits per heavy atom. The number of benzene rings is 1. The van der Waals surface area contributed by atoms with Gasteiger partial charge in [0.25, 0.3) is 5.91 Å². The van der Waals surface area contributed by atoms with E-state index in [9.17, 15) is 4.79 Å². The van der Waals surface area contributed by atoms with E-state index in [1.54, 1.807) is 35.2 Å². The second-order valence-corrected chi connectivity index (χ2v) is 4.23. The van der Waals surface area contributed by atoms with Crippen molar-refractivity contribution in [2.24, 2.45) is 0 Å². The molecule has 1 aromatic carbocycles. The molecule has 0 fully saturated rings. The third-order valence-corrected chi connectivity index (χ3v) is 2.69. The van der Waals surface area contributed by atoms with Gasteiger partial charge in [0.15, 0.2) is 5.69 Å². The summed E-state index contributed by atoms with van der Waals surface area (Å²) in [5.41, 5.74) is 7.53. The number of hydrogen-bond acceptors (Lipinski definition) is 3. The third kappa shape index (κ3) is 3.01. The lowest BCUT2D eigenvalue weighted by Gasteiger charge is -2.07. The molecule has 0 aliphatic carbocycles. The molecule has 1 amide bonds. The van der Waals surface area contributed by atoms with Gasteiger partial charge < -0.3 is 11.1 Å². The lowest BCUT2D eigenvalue weighted by molar-refractivity contribution is 0.0941. The van der Waals surface area contributed by atoms with Crippen LogP contribution >= 0.6 is 0 Å². The molecule has 5 nitrogen and oxygen atoms in total. The highest BCUT2D eigenvalue weighted by atomic mass is 16.2. The monoisotopic (exact) mass is 256 g/mol. The second kappa shape index (κ2) is 5.39. The van der Waals surface area contributed by atoms with E-state index < -0.39 is 0 Å². The Morgan fingerprint density at radius 2 is 2.11 bits per heavy atom. The van der Waals surface area contributed by atoms with Crippen molar-refractivity contribution in [3.63, 3.8) is 0 Å². The van der Waals surface area contributed by atoms with Crippen LogP contribution in [-0.2, 0) is 0 Å². The van der Waals surface area contributed by atoms with Gasteiger partial charge in [-0.15, -0.1) is 6.58 Å². The highest BCUT2D eigenvalue weighted by molar-refractivity contribution is 5.92. The summed E-state index contributed by atoms with van der Waals surface area (Å²) >= 11 is 0. The molecule has 0 spiro atoms. The van der Waals surface area contributed by atoms with Gasteiger partial charge in [0, 0.05) is 17.9 Å². The molecule has 1 unspecified atom stereocenters. The smallest absolute Gasteiger partial charge is 0.272 e. The molecule has 2 rings (SSSR count). The molecule has 0 saturated carbocycles. The molecule has 0 saturated heterocycles. The molecule has 0 radical (unpaired) electrons. The van der Waals surface area contributed by atoms with Crippen molar-refractivity contribution in [1.82, 2.24) is 15.1 Å². The molecule has 3 N–H and O–H groups in total. The second-order valence-electron chi connectivity index (χ2n) is 4.23. The summed E-state index contributed by atoms with van der Waals surface area (Å²) in [6.45, 7) is 5.47. The third-order valence-electron chi connectivity index (χ3n) is 2.69. The minimum Gasteiger partial charge on any atom is -0.399 e. The number of aromatic nitrogens is 2. The molecule has 0 bridgehead atoms. The number of nitrogen functional groups attached to an aromatic ring is 1. The Morgan fingerprint density at radius 1 is 1.42 bits per heavy atom. The number of carbonyl (C=O) groups is 1. The molecule has 5 heteroatoms. The Balaban J connectivity index is 2.17. The first-order valence-corrected chi connectivity index (χ1v) is 5.95. The Labute approximate surface area is 111 Å². The molecule has 19 heavy (non-hydrogen) atoms. The number of hydrogen-bond donors (Lipinski definition) is 2. The maximum atomic E-state index is 11.9. The van der Waals surface area contributed by atoms with Crippen LogP contribution in [0.4, 0.5) is 5.69 Å². The number of rotatable bonds is 4. The summed E-state index contributed by atoms with van der Waals surface area (Å²) in [5.74, 6) is -0.221. The zero-order valence-electron chi connectivity index (χ0n) is 10.7. The van der Waals surface area contributed by atoms with E-state index in [-0.39, 0.29) is 11.9 Å². The van der Waals surface area contributed by atoms with Gasteiger partial charge >= 0.3 is 0 Å². The minimum atomic E-state index is -0.221. The van der Waals surface area contributed by atoms with Gasteiger partial charge in [-0.25, -0.2) is 4.68 Å². The van der Waals surface area contributed by atoms with Crippen molar-refractivity contribution in [3.8, 4) is 5.69 Å². The van der Waals surface area contributed by atoms with Gasteiger partial charge in [-0.3, -0.25) is 4.79 Å². The maximum Gasteiger partial charge on any atom is 0.272 e. The van der Waals surface area contributed by atoms with E-state index in [1.165, 1.54) is 0 Å². The van der Waals surface area contributed by atoms with E-state index in [1.807, 2.05) is 19.1 Å². The van der Waals surface area contributed by atoms with Crippen LogP contribution in [0.1, 0.15) is 17.4 Å². The van der Waals surface area contributed by atoms with Gasteiger partial charge in [-0.05, 0) is 37.3 Å². The quantitative estimate of drug-likeness (QED) is 0.646. The fourth-order valence-corrected chi connectivity index (χ4v) is 1.56. The number of amides is 1. The fourth-order valence-electron chi connectivity index (χ4n) is 1.56. The number of nitrogens with one attached hydrogen (secondary N) is 1. The van der Waals surface area contributed by atoms with Crippen molar-refractivity contribution < 1.29 is 4.79 Å². The predicted octanol–water partition coefficient (Wildman–Crippen LogP) is 1.76. The highest BCUT2D eigenvalue weighted by Gasteiger charge is 2.11. The van der Waals surface area contributed by atoms with Crippen LogP contribution < -0.4 is 11.1 Å². The SMILES string of the molecule is C=CC(C)NC(=O)c1ccn(-c2ccc(N)cc2)n1. The zero-order valence-corrected chi connectivity index (χ0v) is 10.7. The van der Waals surface area contributed by atoms with Crippen molar-refractivity contribution in [1.29, 1.82) is 0 Å². The average Bonchev–Trinajstić information content (AvgIpc) is 2.89. The first-order chi connectivity index (χ1) is 9.10. The normalized spacial score (nSPS) is 11.8. The van der Waals surface area contributed by atoms with Gasteiger partial charge in [-0.2, -0.15) is 5.10 Å². The summed E-state index contributed by atoms with van der Waals surface area (Å²) in [4.78, 5) is 11.9. The van der Waals surface area contributed by atoms with Crippen LogP contribution in [0.15, 0.2) is 49.2 Å². The number of nitrogens with zero attached hydrogens (tertiary/aromatic N) is 2. The lowest BCUT2D eigenvalue weighted by Crippen LogP contribution is -2.31. The first kappa shape index (κ1) is 12.9. The van der Waals surface area contributed by atoms with Crippen LogP contribution in [0.5, 0.6) is 0 Å². The molecule has 0 aliphatic rings. The summed E-state index contributed by atoms with van der Waals surface area (Å²) in [5, 5.41) is 6.99. The van der Waals surface area contributed by atoms with Crippen LogP contribution in [0.25, 0.3) is 5.69 Å². The topological polar surface area (TPSA) is 72.9 Å². The molecule has 98 valence electrons. The summed E-state index contributed by atoms with van der Waals surface area (Å²) < 4.78 is 1.63. The van der Waals surface area contributed by atoms with Gasteiger partial charge in [0.2, 0.25) is 0 Å². The fraction of sp³-hybridized carbons (Fsp3) is 0.143. The summed E-state index contributed by atoms with van der Waals surface area (Å²) in [6.07, 6.45) is 3.40. The van der Waals surface area contributed by atoms with Gasteiger partial charge in [-0.1, -0.05) is 6.08 Å². The van der Waals surface area contributed by atoms with Crippen molar-refractivity contribution in [2.75, 3.05) is 5.73 Å². The van der Waals surface area contributed by atoms with Crippen molar-refractivity contribution in [3.05, 3.63) is 54.9 Å². The summed E-state index contributed by atoms with van der Waals surface area (Å²) in [6, 6.07) is 8.84. The lowest BCUT2D eigenvalue weighted by atomic mass is 10.3. The average molecular weight is 256 g/mol.